The lowest BCUT2D eigenvalue weighted by Gasteiger charge is -2.11. The third kappa shape index (κ3) is 3.34. The van der Waals surface area contributed by atoms with Crippen molar-refractivity contribution >= 4 is 23.3 Å². The van der Waals surface area contributed by atoms with Gasteiger partial charge >= 0.3 is 0 Å². The minimum absolute atomic E-state index is 0.0430. The summed E-state index contributed by atoms with van der Waals surface area (Å²) < 4.78 is 1.49. The largest absolute Gasteiger partial charge is 0.507 e. The number of rotatable bonds is 6. The number of phenolic OH excluding ortho intramolecular Hbond substituents is 1. The number of amides is 2. The van der Waals surface area contributed by atoms with Gasteiger partial charge in [-0.3, -0.25) is 14.0 Å². The van der Waals surface area contributed by atoms with Gasteiger partial charge in [-0.25, -0.2) is 9.97 Å². The molecule has 0 aliphatic rings. The van der Waals surface area contributed by atoms with Gasteiger partial charge in [-0.15, -0.1) is 0 Å². The first kappa shape index (κ1) is 17.4. The van der Waals surface area contributed by atoms with Gasteiger partial charge in [-0.05, 0) is 25.0 Å². The second-order valence-electron chi connectivity index (χ2n) is 5.86. The molecule has 0 unspecified atom stereocenters. The summed E-state index contributed by atoms with van der Waals surface area (Å²) in [6, 6.07) is 7.98. The highest BCUT2D eigenvalue weighted by atomic mass is 16.3. The maximum atomic E-state index is 12.5. The average Bonchev–Trinajstić information content (AvgIpc) is 3.04. The molecule has 4 N–H and O–H groups in total. The zero-order valence-corrected chi connectivity index (χ0v) is 14.3. The van der Waals surface area contributed by atoms with E-state index >= 15 is 0 Å². The number of aryl methyl sites for hydroxylation is 1. The average molecular weight is 353 g/mol. The molecule has 1 aromatic carbocycles. The standard InChI is InChI=1S/C18H19N5O3/c1-2-3-6-11-9-14(22-18(26)12-7-4-5-8-13(12)24)23-10-20-15(16(19)25)17(23)21-11/h4-5,7-10,24H,2-3,6H2,1H3,(H2,19,25)(H,22,26). The first-order chi connectivity index (χ1) is 12.5. The van der Waals surface area contributed by atoms with Gasteiger partial charge in [-0.1, -0.05) is 25.5 Å². The number of para-hydroxylation sites is 1. The van der Waals surface area contributed by atoms with Crippen molar-refractivity contribution in [3.63, 3.8) is 0 Å². The number of fused-ring (bicyclic) bond motifs is 1. The van der Waals surface area contributed by atoms with Crippen LogP contribution in [0, 0.1) is 0 Å². The van der Waals surface area contributed by atoms with E-state index in [2.05, 4.69) is 22.2 Å². The number of anilines is 1. The SMILES string of the molecule is CCCCc1cc(NC(=O)c2ccccc2O)n2cnc(C(N)=O)c2n1. The van der Waals surface area contributed by atoms with Gasteiger partial charge in [0.15, 0.2) is 11.3 Å². The van der Waals surface area contributed by atoms with Crippen LogP contribution in [0.5, 0.6) is 5.75 Å². The normalized spacial score (nSPS) is 10.8. The third-order valence-corrected chi connectivity index (χ3v) is 3.96. The predicted molar refractivity (Wildman–Crippen MR) is 96.2 cm³/mol. The van der Waals surface area contributed by atoms with Gasteiger partial charge in [0.1, 0.15) is 17.9 Å². The van der Waals surface area contributed by atoms with Crippen molar-refractivity contribution in [2.24, 2.45) is 5.73 Å². The van der Waals surface area contributed by atoms with E-state index in [0.29, 0.717) is 17.9 Å². The van der Waals surface area contributed by atoms with E-state index in [0.717, 1.165) is 18.5 Å². The summed E-state index contributed by atoms with van der Waals surface area (Å²) in [6.07, 6.45) is 3.97. The summed E-state index contributed by atoms with van der Waals surface area (Å²) in [5, 5.41) is 12.6. The van der Waals surface area contributed by atoms with Crippen LogP contribution < -0.4 is 11.1 Å². The number of nitrogens with two attached hydrogens (primary N) is 1. The number of nitrogens with one attached hydrogen (secondary N) is 1. The first-order valence-corrected chi connectivity index (χ1v) is 8.27. The van der Waals surface area contributed by atoms with Crippen LogP contribution in [0.3, 0.4) is 0 Å². The molecule has 3 aromatic rings. The second-order valence-corrected chi connectivity index (χ2v) is 5.86. The van der Waals surface area contributed by atoms with Crippen molar-refractivity contribution in [2.45, 2.75) is 26.2 Å². The zero-order valence-electron chi connectivity index (χ0n) is 14.3. The van der Waals surface area contributed by atoms with E-state index in [9.17, 15) is 14.7 Å². The molecule has 0 saturated carbocycles. The molecule has 0 bridgehead atoms. The molecule has 0 atom stereocenters. The van der Waals surface area contributed by atoms with Gasteiger partial charge in [0.2, 0.25) is 0 Å². The second kappa shape index (κ2) is 7.22. The molecule has 0 fully saturated rings. The number of aromatic hydroxyl groups is 1. The molecule has 8 heteroatoms. The third-order valence-electron chi connectivity index (χ3n) is 3.96. The van der Waals surface area contributed by atoms with Crippen molar-refractivity contribution in [3.8, 4) is 5.75 Å². The van der Waals surface area contributed by atoms with Gasteiger partial charge in [0.05, 0.1) is 5.56 Å². The first-order valence-electron chi connectivity index (χ1n) is 8.27. The van der Waals surface area contributed by atoms with Crippen molar-refractivity contribution in [2.75, 3.05) is 5.32 Å². The maximum Gasteiger partial charge on any atom is 0.271 e. The highest BCUT2D eigenvalue weighted by molar-refractivity contribution is 6.06. The van der Waals surface area contributed by atoms with E-state index in [1.165, 1.54) is 22.9 Å². The monoisotopic (exact) mass is 353 g/mol. The number of imidazole rings is 1. The van der Waals surface area contributed by atoms with E-state index in [1.807, 2.05) is 0 Å². The Kier molecular flexibility index (Phi) is 4.83. The molecule has 0 saturated heterocycles. The van der Waals surface area contributed by atoms with E-state index in [-0.39, 0.29) is 17.0 Å². The van der Waals surface area contributed by atoms with Crippen LogP contribution in [0.25, 0.3) is 5.65 Å². The molecule has 0 spiro atoms. The number of hydrogen-bond acceptors (Lipinski definition) is 5. The number of hydrogen-bond donors (Lipinski definition) is 3. The molecule has 2 heterocycles. The van der Waals surface area contributed by atoms with Gasteiger partial charge in [0.25, 0.3) is 11.8 Å². The smallest absolute Gasteiger partial charge is 0.271 e. The van der Waals surface area contributed by atoms with Crippen LogP contribution >= 0.6 is 0 Å². The summed E-state index contributed by atoms with van der Waals surface area (Å²) in [6.45, 7) is 2.06. The van der Waals surface area contributed by atoms with E-state index in [4.69, 9.17) is 5.73 Å². The van der Waals surface area contributed by atoms with Crippen LogP contribution in [-0.4, -0.2) is 31.3 Å². The Morgan fingerprint density at radius 2 is 2.08 bits per heavy atom. The molecule has 3 rings (SSSR count). The van der Waals surface area contributed by atoms with Gasteiger partial charge < -0.3 is 16.2 Å². The Labute approximate surface area is 149 Å². The molecule has 0 aliphatic heterocycles. The summed E-state index contributed by atoms with van der Waals surface area (Å²) in [7, 11) is 0. The Morgan fingerprint density at radius 1 is 1.31 bits per heavy atom. The molecule has 0 radical (unpaired) electrons. The molecule has 26 heavy (non-hydrogen) atoms. The van der Waals surface area contributed by atoms with Gasteiger partial charge in [-0.2, -0.15) is 0 Å². The lowest BCUT2D eigenvalue weighted by atomic mass is 10.2. The number of phenols is 1. The van der Waals surface area contributed by atoms with E-state index < -0.39 is 11.8 Å². The summed E-state index contributed by atoms with van der Waals surface area (Å²) in [5.41, 5.74) is 6.55. The molecular formula is C18H19N5O3. The number of primary amides is 1. The van der Waals surface area contributed by atoms with Crippen molar-refractivity contribution < 1.29 is 14.7 Å². The van der Waals surface area contributed by atoms with Crippen LogP contribution in [0.4, 0.5) is 5.82 Å². The fraction of sp³-hybridized carbons (Fsp3) is 0.222. The molecular weight excluding hydrogens is 334 g/mol. The lowest BCUT2D eigenvalue weighted by Crippen LogP contribution is -2.16. The summed E-state index contributed by atoms with van der Waals surface area (Å²) >= 11 is 0. The predicted octanol–water partition coefficient (Wildman–Crippen LogP) is 2.13. The van der Waals surface area contributed by atoms with E-state index in [1.54, 1.807) is 18.2 Å². The number of carbonyl (C=O) groups excluding carboxylic acids is 2. The number of unbranched alkanes of at least 4 members (excludes halogenated alkanes) is 1. The number of benzene rings is 1. The van der Waals surface area contributed by atoms with Crippen LogP contribution in [0.2, 0.25) is 0 Å². The minimum atomic E-state index is -0.689. The van der Waals surface area contributed by atoms with Crippen molar-refractivity contribution in [3.05, 3.63) is 53.6 Å². The summed E-state index contributed by atoms with van der Waals surface area (Å²) in [5.74, 6) is -0.892. The number of aromatic nitrogens is 3. The van der Waals surface area contributed by atoms with Crippen LogP contribution in [0.15, 0.2) is 36.7 Å². The minimum Gasteiger partial charge on any atom is -0.507 e. The maximum absolute atomic E-state index is 12.5. The molecule has 2 amide bonds. The quantitative estimate of drug-likeness (QED) is 0.626. The fourth-order valence-electron chi connectivity index (χ4n) is 2.63. The Bertz CT molecular complexity index is 980. The van der Waals surface area contributed by atoms with Crippen molar-refractivity contribution in [1.29, 1.82) is 0 Å². The Morgan fingerprint density at radius 3 is 2.77 bits per heavy atom. The van der Waals surface area contributed by atoms with Crippen LogP contribution in [-0.2, 0) is 6.42 Å². The number of carbonyl (C=O) groups is 2. The Hall–Kier alpha value is -3.42. The fourth-order valence-corrected chi connectivity index (χ4v) is 2.63. The number of nitrogens with zero attached hydrogens (tertiary/aromatic N) is 3. The lowest BCUT2D eigenvalue weighted by molar-refractivity contribution is 0.0995. The summed E-state index contributed by atoms with van der Waals surface area (Å²) in [4.78, 5) is 32.6. The Balaban J connectivity index is 2.04. The van der Waals surface area contributed by atoms with Crippen LogP contribution in [0.1, 0.15) is 46.3 Å². The topological polar surface area (TPSA) is 123 Å². The molecule has 8 nitrogen and oxygen atoms in total. The zero-order chi connectivity index (χ0) is 18.7. The van der Waals surface area contributed by atoms with Gasteiger partial charge in [0, 0.05) is 11.8 Å². The highest BCUT2D eigenvalue weighted by Crippen LogP contribution is 2.21. The molecule has 134 valence electrons. The highest BCUT2D eigenvalue weighted by Gasteiger charge is 2.18. The molecule has 0 aliphatic carbocycles. The van der Waals surface area contributed by atoms with Crippen molar-refractivity contribution in [1.82, 2.24) is 14.4 Å². The molecule has 2 aromatic heterocycles.